The maximum absolute atomic E-state index is 15.1. The Hall–Kier alpha value is -2.52. The van der Waals surface area contributed by atoms with E-state index in [1.54, 1.807) is 6.07 Å². The van der Waals surface area contributed by atoms with Crippen molar-refractivity contribution in [2.75, 3.05) is 13.2 Å². The average Bonchev–Trinajstić information content (AvgIpc) is 3.07. The predicted molar refractivity (Wildman–Crippen MR) is 169 cm³/mol. The Labute approximate surface area is 275 Å². The van der Waals surface area contributed by atoms with Gasteiger partial charge in [-0.1, -0.05) is 50.5 Å². The molecule has 2 saturated carbocycles. The van der Waals surface area contributed by atoms with Crippen molar-refractivity contribution in [1.82, 2.24) is 0 Å². The van der Waals surface area contributed by atoms with Gasteiger partial charge in [-0.3, -0.25) is 0 Å². The van der Waals surface area contributed by atoms with Crippen LogP contribution in [0.25, 0.3) is 0 Å². The molecule has 0 radical (unpaired) electrons. The zero-order valence-corrected chi connectivity index (χ0v) is 27.3. The zero-order valence-electron chi connectivity index (χ0n) is 27.3. The Kier molecular flexibility index (Phi) is 12.7. The third-order valence-corrected chi connectivity index (χ3v) is 10.4. The molecule has 9 heteroatoms. The van der Waals surface area contributed by atoms with Crippen LogP contribution in [-0.2, 0) is 15.9 Å². The Balaban J connectivity index is 1.01. The number of halogens is 6. The first-order valence-electron chi connectivity index (χ1n) is 17.5. The first kappa shape index (κ1) is 35.8. The highest BCUT2D eigenvalue weighted by molar-refractivity contribution is 5.28. The topological polar surface area (TPSA) is 27.7 Å². The number of hydrogen-bond donors (Lipinski definition) is 0. The van der Waals surface area contributed by atoms with Crippen molar-refractivity contribution in [2.24, 2.45) is 23.7 Å². The number of unbranched alkanes of at least 4 members (excludes halogenated alkanes) is 2. The van der Waals surface area contributed by atoms with Crippen LogP contribution in [0.5, 0.6) is 5.75 Å². The van der Waals surface area contributed by atoms with E-state index >= 15 is 4.39 Å². The molecule has 2 aromatic rings. The van der Waals surface area contributed by atoms with Crippen LogP contribution in [0.2, 0.25) is 0 Å². The molecule has 0 aromatic heterocycles. The SMILES string of the molecule is CCCCCC1COC(C2CCC(c3ccc(CC/C=C/C4CCC(C(F)(F)Oc5cc(F)c(F)c(F)c5)CC4)c(F)c3)CC2)OC1. The monoisotopic (exact) mass is 666 g/mol. The number of allylic oxidation sites excluding steroid dienone is 2. The lowest BCUT2D eigenvalue weighted by atomic mass is 9.78. The second kappa shape index (κ2) is 16.7. The van der Waals surface area contributed by atoms with E-state index < -0.39 is 35.2 Å². The van der Waals surface area contributed by atoms with Crippen molar-refractivity contribution >= 4 is 0 Å². The second-order valence-corrected chi connectivity index (χ2v) is 13.8. The summed E-state index contributed by atoms with van der Waals surface area (Å²) >= 11 is 0. The van der Waals surface area contributed by atoms with E-state index in [1.165, 1.54) is 25.7 Å². The highest BCUT2D eigenvalue weighted by Crippen LogP contribution is 2.42. The van der Waals surface area contributed by atoms with Crippen molar-refractivity contribution in [3.63, 3.8) is 0 Å². The van der Waals surface area contributed by atoms with Gasteiger partial charge in [0, 0.05) is 24.0 Å². The lowest BCUT2D eigenvalue weighted by Gasteiger charge is -2.37. The molecule has 3 nitrogen and oxygen atoms in total. The average molecular weight is 667 g/mol. The molecule has 1 heterocycles. The minimum Gasteiger partial charge on any atom is -0.432 e. The summed E-state index contributed by atoms with van der Waals surface area (Å²) in [7, 11) is 0. The van der Waals surface area contributed by atoms with E-state index in [-0.39, 0.29) is 30.9 Å². The highest BCUT2D eigenvalue weighted by Gasteiger charge is 2.44. The van der Waals surface area contributed by atoms with Crippen LogP contribution in [0.3, 0.4) is 0 Å². The van der Waals surface area contributed by atoms with Crippen LogP contribution in [0.15, 0.2) is 42.5 Å². The number of ether oxygens (including phenoxy) is 3. The van der Waals surface area contributed by atoms with Gasteiger partial charge in [0.05, 0.1) is 19.1 Å². The molecule has 0 bridgehead atoms. The van der Waals surface area contributed by atoms with Crippen LogP contribution >= 0.6 is 0 Å². The van der Waals surface area contributed by atoms with Gasteiger partial charge < -0.3 is 14.2 Å². The lowest BCUT2D eigenvalue weighted by molar-refractivity contribution is -0.229. The van der Waals surface area contributed by atoms with Crippen LogP contribution in [-0.4, -0.2) is 25.6 Å². The number of rotatable bonds is 13. The molecule has 47 heavy (non-hydrogen) atoms. The zero-order chi connectivity index (χ0) is 33.4. The summed E-state index contributed by atoms with van der Waals surface area (Å²) in [6.07, 6.45) is 11.7. The van der Waals surface area contributed by atoms with Gasteiger partial charge in [0.1, 0.15) is 11.6 Å². The fraction of sp³-hybridized carbons (Fsp3) is 0.632. The third-order valence-electron chi connectivity index (χ3n) is 10.4. The summed E-state index contributed by atoms with van der Waals surface area (Å²) in [5.74, 6) is -5.57. The van der Waals surface area contributed by atoms with Crippen molar-refractivity contribution in [1.29, 1.82) is 0 Å². The quantitative estimate of drug-likeness (QED) is 0.0922. The summed E-state index contributed by atoms with van der Waals surface area (Å²) in [4.78, 5) is 0. The summed E-state index contributed by atoms with van der Waals surface area (Å²) in [5, 5.41) is 0. The molecule has 260 valence electrons. The van der Waals surface area contributed by atoms with E-state index in [2.05, 4.69) is 17.7 Å². The lowest BCUT2D eigenvalue weighted by Crippen LogP contribution is -2.38. The molecular weight excluding hydrogens is 618 g/mol. The molecule has 0 atom stereocenters. The summed E-state index contributed by atoms with van der Waals surface area (Å²) in [5.41, 5.74) is 1.72. The Bertz CT molecular complexity index is 1290. The molecule has 1 aliphatic heterocycles. The summed E-state index contributed by atoms with van der Waals surface area (Å²) in [6, 6.07) is 6.49. The third kappa shape index (κ3) is 9.78. The van der Waals surface area contributed by atoms with Gasteiger partial charge >= 0.3 is 6.11 Å². The summed E-state index contributed by atoms with van der Waals surface area (Å²) in [6.45, 7) is 3.80. The largest absolute Gasteiger partial charge is 0.432 e. The fourth-order valence-corrected chi connectivity index (χ4v) is 7.43. The Morgan fingerprint density at radius 3 is 2.15 bits per heavy atom. The smallest absolute Gasteiger partial charge is 0.400 e. The standard InChI is InChI=1S/C38H48F6O3/c1-2-3-4-8-26-23-45-37(46-24-26)29-15-12-27(13-16-29)30-17-14-28(33(39)20-30)9-6-5-7-25-10-18-31(19-11-25)38(43,44)47-32-21-34(40)36(42)35(41)22-32/h5,7,14,17,20-22,25-27,29,31,37H,2-4,6,8-13,15-16,18-19,23-24H2,1H3/b7-5+. The molecule has 2 aromatic carbocycles. The molecule has 0 unspecified atom stereocenters. The highest BCUT2D eigenvalue weighted by atomic mass is 19.3. The normalized spacial score (nSPS) is 27.3. The van der Waals surface area contributed by atoms with Crippen molar-refractivity contribution < 1.29 is 40.6 Å². The van der Waals surface area contributed by atoms with Gasteiger partial charge in [-0.25, -0.2) is 17.6 Å². The minimum atomic E-state index is -3.63. The molecule has 0 N–H and O–H groups in total. The minimum absolute atomic E-state index is 0.109. The molecule has 0 spiro atoms. The number of alkyl halides is 2. The van der Waals surface area contributed by atoms with E-state index in [4.69, 9.17) is 9.47 Å². The van der Waals surface area contributed by atoms with Crippen molar-refractivity contribution in [3.05, 3.63) is 76.9 Å². The van der Waals surface area contributed by atoms with Crippen LogP contribution in [0, 0.1) is 46.9 Å². The molecule has 5 rings (SSSR count). The van der Waals surface area contributed by atoms with Gasteiger partial charge in [0.15, 0.2) is 23.7 Å². The van der Waals surface area contributed by atoms with E-state index in [9.17, 15) is 22.0 Å². The van der Waals surface area contributed by atoms with Gasteiger partial charge in [0.25, 0.3) is 0 Å². The summed E-state index contributed by atoms with van der Waals surface area (Å²) < 4.78 is 101. The second-order valence-electron chi connectivity index (χ2n) is 13.8. The molecule has 1 saturated heterocycles. The molecule has 3 aliphatic rings. The van der Waals surface area contributed by atoms with Gasteiger partial charge in [-0.05, 0) is 99.7 Å². The van der Waals surface area contributed by atoms with Crippen LogP contribution in [0.4, 0.5) is 26.3 Å². The van der Waals surface area contributed by atoms with Crippen LogP contribution in [0.1, 0.15) is 107 Å². The van der Waals surface area contributed by atoms with Gasteiger partial charge in [-0.2, -0.15) is 8.78 Å². The maximum atomic E-state index is 15.1. The number of hydrogen-bond acceptors (Lipinski definition) is 3. The first-order chi connectivity index (χ1) is 22.6. The van der Waals surface area contributed by atoms with E-state index in [0.717, 1.165) is 44.5 Å². The number of benzene rings is 2. The predicted octanol–water partition coefficient (Wildman–Crippen LogP) is 11.1. The van der Waals surface area contributed by atoms with Crippen LogP contribution < -0.4 is 4.74 Å². The molecular formula is C38H48F6O3. The Morgan fingerprint density at radius 1 is 0.830 bits per heavy atom. The van der Waals surface area contributed by atoms with Gasteiger partial charge in [0.2, 0.25) is 0 Å². The van der Waals surface area contributed by atoms with Gasteiger partial charge in [-0.15, -0.1) is 0 Å². The van der Waals surface area contributed by atoms with E-state index in [0.29, 0.717) is 61.1 Å². The molecule has 0 amide bonds. The number of aryl methyl sites for hydroxylation is 1. The fourth-order valence-electron chi connectivity index (χ4n) is 7.43. The van der Waals surface area contributed by atoms with Crippen molar-refractivity contribution in [2.45, 2.75) is 115 Å². The van der Waals surface area contributed by atoms with E-state index in [1.807, 2.05) is 18.2 Å². The first-order valence-corrected chi connectivity index (χ1v) is 17.5. The maximum Gasteiger partial charge on any atom is 0.400 e. The Morgan fingerprint density at radius 2 is 1.51 bits per heavy atom. The molecule has 2 aliphatic carbocycles. The molecule has 3 fully saturated rings. The van der Waals surface area contributed by atoms with Crippen molar-refractivity contribution in [3.8, 4) is 5.75 Å².